The number of allylic oxidation sites excluding steroid dienone is 4. The molecule has 2 heteroatoms. The predicted molar refractivity (Wildman–Crippen MR) is 298 cm³/mol. The minimum atomic E-state index is 0.114. The van der Waals surface area contributed by atoms with E-state index >= 15 is 0 Å². The van der Waals surface area contributed by atoms with Gasteiger partial charge in [-0.2, -0.15) is 0 Å². The SMILES string of the molecule is C1=CCC(c2cccc3cccc(C4CCCCC4)c23)C(N(c2cccc(-c3ccc4c(c3)c3ccccc3n4-c3ccccc3)c2)c2ccccc2-c2cccc3cccc(-c4ccccc4)c23)=C1. The van der Waals surface area contributed by atoms with Gasteiger partial charge in [0.2, 0.25) is 0 Å². The molecule has 0 amide bonds. The van der Waals surface area contributed by atoms with Crippen LogP contribution in [0.5, 0.6) is 0 Å². The molecule has 1 saturated carbocycles. The zero-order valence-electron chi connectivity index (χ0n) is 39.4. The molecular weight excluding hydrogens is 845 g/mol. The molecule has 11 aromatic rings. The van der Waals surface area contributed by atoms with Crippen LogP contribution in [0.15, 0.2) is 248 Å². The maximum atomic E-state index is 2.61. The van der Waals surface area contributed by atoms with Crippen molar-refractivity contribution in [3.63, 3.8) is 0 Å². The van der Waals surface area contributed by atoms with Crippen LogP contribution in [0.4, 0.5) is 11.4 Å². The lowest BCUT2D eigenvalue weighted by molar-refractivity contribution is 0.445. The fourth-order valence-corrected chi connectivity index (χ4v) is 12.2. The summed E-state index contributed by atoms with van der Waals surface area (Å²) in [5.41, 5.74) is 17.4. The molecule has 70 heavy (non-hydrogen) atoms. The van der Waals surface area contributed by atoms with Crippen LogP contribution < -0.4 is 4.90 Å². The van der Waals surface area contributed by atoms with E-state index < -0.39 is 0 Å². The first-order valence-corrected chi connectivity index (χ1v) is 25.3. The Labute approximate surface area is 411 Å². The van der Waals surface area contributed by atoms with Crippen molar-refractivity contribution in [3.8, 4) is 39.1 Å². The van der Waals surface area contributed by atoms with Gasteiger partial charge >= 0.3 is 0 Å². The van der Waals surface area contributed by atoms with Crippen molar-refractivity contribution in [1.29, 1.82) is 0 Å². The van der Waals surface area contributed by atoms with Gasteiger partial charge in [-0.15, -0.1) is 0 Å². The molecular formula is C68H54N2. The van der Waals surface area contributed by atoms with Crippen molar-refractivity contribution < 1.29 is 0 Å². The number of para-hydroxylation sites is 3. The van der Waals surface area contributed by atoms with Crippen LogP contribution in [0, 0.1) is 0 Å². The van der Waals surface area contributed by atoms with Crippen LogP contribution in [0.3, 0.4) is 0 Å². The van der Waals surface area contributed by atoms with Crippen LogP contribution >= 0.6 is 0 Å². The lowest BCUT2D eigenvalue weighted by atomic mass is 9.78. The first-order valence-electron chi connectivity index (χ1n) is 25.3. The summed E-state index contributed by atoms with van der Waals surface area (Å²) in [6.45, 7) is 0. The molecule has 0 aliphatic heterocycles. The fraction of sp³-hybridized carbons (Fsp3) is 0.118. The molecule has 0 radical (unpaired) electrons. The molecule has 1 unspecified atom stereocenters. The maximum absolute atomic E-state index is 2.61. The molecule has 2 aliphatic rings. The average molecular weight is 899 g/mol. The zero-order chi connectivity index (χ0) is 46.4. The van der Waals surface area contributed by atoms with Gasteiger partial charge in [-0.1, -0.05) is 207 Å². The van der Waals surface area contributed by atoms with Gasteiger partial charge in [0.15, 0.2) is 0 Å². The average Bonchev–Trinajstić information content (AvgIpc) is 3.77. The van der Waals surface area contributed by atoms with E-state index in [0.717, 1.165) is 17.8 Å². The standard InChI is InChI=1S/C68H54N2/c1-4-21-47(22-5-1)55-36-17-25-49-27-19-38-60(67(49)55)57-33-10-13-40-63(57)70(64-41-14-11-34-58(64)61-39-20-28-50-26-18-37-56(68(50)61)48-23-6-2-7-24-48)54-32-16-29-51(45-54)52-43-44-66-62(46-52)59-35-12-15-42-65(59)69(66)53-30-8-3-9-31-53/h1,3-5,8-22,25-33,35-46,48,58H,2,6-7,23-24,34H2. The summed E-state index contributed by atoms with van der Waals surface area (Å²) in [7, 11) is 0. The van der Waals surface area contributed by atoms with Gasteiger partial charge in [-0.3, -0.25) is 0 Å². The summed E-state index contributed by atoms with van der Waals surface area (Å²) in [5.74, 6) is 0.700. The molecule has 0 saturated heterocycles. The third-order valence-corrected chi connectivity index (χ3v) is 15.3. The number of hydrogen-bond donors (Lipinski definition) is 0. The van der Waals surface area contributed by atoms with Crippen LogP contribution in [0.2, 0.25) is 0 Å². The Kier molecular flexibility index (Phi) is 10.8. The van der Waals surface area contributed by atoms with E-state index in [1.807, 2.05) is 0 Å². The fourth-order valence-electron chi connectivity index (χ4n) is 12.2. The first kappa shape index (κ1) is 41.9. The Morgan fingerprint density at radius 1 is 0.429 bits per heavy atom. The molecule has 2 nitrogen and oxygen atoms in total. The quantitative estimate of drug-likeness (QED) is 0.140. The second-order valence-corrected chi connectivity index (χ2v) is 19.3. The van der Waals surface area contributed by atoms with Gasteiger partial charge in [-0.25, -0.2) is 0 Å². The van der Waals surface area contributed by atoms with Gasteiger partial charge in [0.1, 0.15) is 0 Å². The third-order valence-electron chi connectivity index (χ3n) is 15.3. The lowest BCUT2D eigenvalue weighted by Gasteiger charge is -2.36. The van der Waals surface area contributed by atoms with Gasteiger partial charge < -0.3 is 9.47 Å². The van der Waals surface area contributed by atoms with Crippen LogP contribution in [0.1, 0.15) is 61.5 Å². The highest BCUT2D eigenvalue weighted by Gasteiger charge is 2.30. The highest BCUT2D eigenvalue weighted by Crippen LogP contribution is 2.49. The normalized spacial score (nSPS) is 15.2. The van der Waals surface area contributed by atoms with E-state index in [4.69, 9.17) is 0 Å². The zero-order valence-corrected chi connectivity index (χ0v) is 39.4. The van der Waals surface area contributed by atoms with E-state index in [9.17, 15) is 0 Å². The number of rotatable bonds is 9. The van der Waals surface area contributed by atoms with Crippen molar-refractivity contribution in [2.45, 2.75) is 50.4 Å². The number of nitrogens with zero attached hydrogens (tertiary/aromatic N) is 2. The van der Waals surface area contributed by atoms with Crippen LogP contribution in [0.25, 0.3) is 82.4 Å². The molecule has 0 bridgehead atoms. The monoisotopic (exact) mass is 898 g/mol. The highest BCUT2D eigenvalue weighted by atomic mass is 15.2. The highest BCUT2D eigenvalue weighted by molar-refractivity contribution is 6.11. The molecule has 0 N–H and O–H groups in total. The van der Waals surface area contributed by atoms with E-state index in [1.165, 1.54) is 131 Å². The summed E-state index contributed by atoms with van der Waals surface area (Å²) in [6, 6.07) is 83.6. The molecule has 0 spiro atoms. The van der Waals surface area contributed by atoms with Gasteiger partial charge in [0.25, 0.3) is 0 Å². The molecule has 2 aliphatic carbocycles. The predicted octanol–water partition coefficient (Wildman–Crippen LogP) is 18.9. The van der Waals surface area contributed by atoms with Crippen LogP contribution in [-0.2, 0) is 0 Å². The second-order valence-electron chi connectivity index (χ2n) is 19.3. The van der Waals surface area contributed by atoms with Crippen molar-refractivity contribution in [1.82, 2.24) is 4.57 Å². The minimum absolute atomic E-state index is 0.114. The molecule has 13 rings (SSSR count). The molecule has 1 aromatic heterocycles. The second kappa shape index (κ2) is 18.0. The van der Waals surface area contributed by atoms with Gasteiger partial charge in [0, 0.05) is 39.3 Å². The van der Waals surface area contributed by atoms with Crippen molar-refractivity contribution >= 4 is 54.7 Å². The largest absolute Gasteiger partial charge is 0.313 e. The lowest BCUT2D eigenvalue weighted by Crippen LogP contribution is -2.24. The number of benzene rings is 10. The smallest absolute Gasteiger partial charge is 0.0541 e. The number of fused-ring (bicyclic) bond motifs is 5. The molecule has 336 valence electrons. The number of anilines is 2. The third kappa shape index (κ3) is 7.34. The summed E-state index contributed by atoms with van der Waals surface area (Å²) in [5, 5.41) is 7.80. The molecule has 10 aromatic carbocycles. The van der Waals surface area contributed by atoms with Gasteiger partial charge in [-0.05, 0) is 140 Å². The van der Waals surface area contributed by atoms with E-state index in [1.54, 1.807) is 0 Å². The van der Waals surface area contributed by atoms with E-state index in [-0.39, 0.29) is 5.92 Å². The first-order chi connectivity index (χ1) is 34.8. The van der Waals surface area contributed by atoms with Crippen molar-refractivity contribution in [2.24, 2.45) is 0 Å². The minimum Gasteiger partial charge on any atom is -0.313 e. The number of aromatic nitrogens is 1. The van der Waals surface area contributed by atoms with Crippen molar-refractivity contribution in [2.75, 3.05) is 4.90 Å². The number of hydrogen-bond acceptors (Lipinski definition) is 1. The topological polar surface area (TPSA) is 8.17 Å². The summed E-state index contributed by atoms with van der Waals surface area (Å²) in [4.78, 5) is 2.61. The Morgan fingerprint density at radius 2 is 1.06 bits per heavy atom. The molecule has 1 heterocycles. The van der Waals surface area contributed by atoms with Crippen LogP contribution in [-0.4, -0.2) is 4.57 Å². The molecule has 1 fully saturated rings. The Balaban J connectivity index is 1.02. The Hall–Kier alpha value is -8.20. The molecule has 1 atom stereocenters. The Bertz CT molecular complexity index is 3780. The summed E-state index contributed by atoms with van der Waals surface area (Å²) in [6.07, 6.45) is 14.5. The van der Waals surface area contributed by atoms with E-state index in [0.29, 0.717) is 5.92 Å². The van der Waals surface area contributed by atoms with E-state index in [2.05, 4.69) is 252 Å². The Morgan fingerprint density at radius 3 is 1.89 bits per heavy atom. The maximum Gasteiger partial charge on any atom is 0.0541 e. The van der Waals surface area contributed by atoms with Crippen molar-refractivity contribution in [3.05, 3.63) is 260 Å². The summed E-state index contributed by atoms with van der Waals surface area (Å²) >= 11 is 0. The summed E-state index contributed by atoms with van der Waals surface area (Å²) < 4.78 is 2.40. The van der Waals surface area contributed by atoms with Gasteiger partial charge in [0.05, 0.1) is 16.7 Å².